The number of pyridine rings is 1. The number of nitrogens with one attached hydrogen (secondary N) is 2. The highest BCUT2D eigenvalue weighted by molar-refractivity contribution is 5.94. The molecule has 0 aliphatic heterocycles. The maximum atomic E-state index is 12.9. The Hall–Kier alpha value is -3.16. The molecule has 0 bridgehead atoms. The maximum absolute atomic E-state index is 12.9. The van der Waals surface area contributed by atoms with E-state index in [1.54, 1.807) is 23.1 Å². The van der Waals surface area contributed by atoms with Gasteiger partial charge in [-0.2, -0.15) is 0 Å². The third-order valence-corrected chi connectivity index (χ3v) is 5.48. The van der Waals surface area contributed by atoms with Crippen LogP contribution in [0.3, 0.4) is 0 Å². The van der Waals surface area contributed by atoms with Gasteiger partial charge < -0.3 is 15.2 Å². The molecule has 3 heterocycles. The van der Waals surface area contributed by atoms with Gasteiger partial charge in [-0.05, 0) is 38.8 Å². The minimum atomic E-state index is -0.203. The summed E-state index contributed by atoms with van der Waals surface area (Å²) in [5.74, 6) is -0.385. The Labute approximate surface area is 169 Å². The normalized spacial score (nSPS) is 19.4. The van der Waals surface area contributed by atoms with Crippen LogP contribution < -0.4 is 10.6 Å². The first-order chi connectivity index (χ1) is 14.0. The summed E-state index contributed by atoms with van der Waals surface area (Å²) in [6.07, 6.45) is 10.5. The van der Waals surface area contributed by atoms with Gasteiger partial charge in [0.25, 0.3) is 11.8 Å². The summed E-state index contributed by atoms with van der Waals surface area (Å²) in [5, 5.41) is 6.18. The largest absolute Gasteiger partial charge is 0.346 e. The molecule has 3 aromatic rings. The van der Waals surface area contributed by atoms with Crippen molar-refractivity contribution in [2.24, 2.45) is 0 Å². The van der Waals surface area contributed by atoms with Gasteiger partial charge in [-0.3, -0.25) is 14.0 Å². The van der Waals surface area contributed by atoms with Crippen LogP contribution in [0.2, 0.25) is 0 Å². The van der Waals surface area contributed by atoms with Crippen molar-refractivity contribution in [2.75, 3.05) is 0 Å². The molecule has 0 saturated heterocycles. The van der Waals surface area contributed by atoms with E-state index >= 15 is 0 Å². The van der Waals surface area contributed by atoms with Crippen molar-refractivity contribution in [3.63, 3.8) is 0 Å². The van der Waals surface area contributed by atoms with E-state index in [4.69, 9.17) is 0 Å². The van der Waals surface area contributed by atoms with Crippen molar-refractivity contribution < 1.29 is 9.59 Å². The van der Waals surface area contributed by atoms with Crippen molar-refractivity contribution >= 4 is 17.5 Å². The molecule has 1 fully saturated rings. The molecule has 152 valence electrons. The second-order valence-corrected chi connectivity index (χ2v) is 7.82. The predicted molar refractivity (Wildman–Crippen MR) is 109 cm³/mol. The molecule has 2 amide bonds. The van der Waals surface area contributed by atoms with Crippen LogP contribution in [0.5, 0.6) is 0 Å². The summed E-state index contributed by atoms with van der Waals surface area (Å²) < 4.78 is 3.67. The van der Waals surface area contributed by atoms with Crippen LogP contribution in [0.4, 0.5) is 0 Å². The second kappa shape index (κ2) is 8.06. The van der Waals surface area contributed by atoms with Gasteiger partial charge in [0.2, 0.25) is 0 Å². The fourth-order valence-corrected chi connectivity index (χ4v) is 3.80. The standard InChI is InChI=1S/C21H26N6O2/c1-14(2)26-12-17(23-13-26)20(28)24-15-7-3-4-8-16(15)25-21(29)18-11-22-19-9-5-6-10-27(18)19/h5-6,9-16H,3-4,7-8H2,1-2H3,(H,24,28)(H,25,29)/t15-,16-/m1/s1. The number of carbonyl (C=O) groups excluding carboxylic acids is 2. The van der Waals surface area contributed by atoms with Crippen LogP contribution in [0.25, 0.3) is 5.65 Å². The number of amides is 2. The highest BCUT2D eigenvalue weighted by Crippen LogP contribution is 2.20. The molecule has 2 atom stereocenters. The van der Waals surface area contributed by atoms with Gasteiger partial charge in [-0.15, -0.1) is 0 Å². The number of aromatic nitrogens is 4. The number of rotatable bonds is 5. The van der Waals surface area contributed by atoms with Gasteiger partial charge in [0.1, 0.15) is 17.0 Å². The van der Waals surface area contributed by atoms with E-state index in [0.717, 1.165) is 31.3 Å². The zero-order chi connectivity index (χ0) is 20.4. The van der Waals surface area contributed by atoms with Crippen LogP contribution in [0.1, 0.15) is 66.5 Å². The van der Waals surface area contributed by atoms with Crippen molar-refractivity contribution in [3.05, 3.63) is 54.5 Å². The average Bonchev–Trinajstić information content (AvgIpc) is 3.37. The maximum Gasteiger partial charge on any atom is 0.271 e. The van der Waals surface area contributed by atoms with Crippen LogP contribution in [0.15, 0.2) is 43.1 Å². The molecule has 0 spiro atoms. The van der Waals surface area contributed by atoms with E-state index in [1.165, 1.54) is 0 Å². The van der Waals surface area contributed by atoms with Crippen molar-refractivity contribution in [1.82, 2.24) is 29.6 Å². The van der Waals surface area contributed by atoms with Gasteiger partial charge in [0.15, 0.2) is 0 Å². The zero-order valence-electron chi connectivity index (χ0n) is 16.7. The van der Waals surface area contributed by atoms with E-state index < -0.39 is 0 Å². The molecule has 1 saturated carbocycles. The van der Waals surface area contributed by atoms with Gasteiger partial charge in [-0.1, -0.05) is 18.9 Å². The Balaban J connectivity index is 1.45. The van der Waals surface area contributed by atoms with E-state index in [-0.39, 0.29) is 29.9 Å². The van der Waals surface area contributed by atoms with E-state index in [1.807, 2.05) is 42.8 Å². The topological polar surface area (TPSA) is 93.3 Å². The summed E-state index contributed by atoms with van der Waals surface area (Å²) in [4.78, 5) is 34.0. The minimum absolute atomic E-state index is 0.122. The van der Waals surface area contributed by atoms with Gasteiger partial charge in [0.05, 0.1) is 12.5 Å². The highest BCUT2D eigenvalue weighted by Gasteiger charge is 2.29. The molecule has 0 aromatic carbocycles. The van der Waals surface area contributed by atoms with Gasteiger partial charge >= 0.3 is 0 Å². The Morgan fingerprint density at radius 3 is 2.48 bits per heavy atom. The van der Waals surface area contributed by atoms with Crippen molar-refractivity contribution in [2.45, 2.75) is 57.7 Å². The molecule has 2 N–H and O–H groups in total. The number of imidazole rings is 2. The minimum Gasteiger partial charge on any atom is -0.346 e. The number of hydrogen-bond acceptors (Lipinski definition) is 4. The van der Waals surface area contributed by atoms with E-state index in [9.17, 15) is 9.59 Å². The molecular weight excluding hydrogens is 368 g/mol. The third kappa shape index (κ3) is 4.01. The predicted octanol–water partition coefficient (Wildman–Crippen LogP) is 2.58. The summed E-state index contributed by atoms with van der Waals surface area (Å²) in [6, 6.07) is 5.61. The Morgan fingerprint density at radius 2 is 1.79 bits per heavy atom. The summed E-state index contributed by atoms with van der Waals surface area (Å²) in [5.41, 5.74) is 1.62. The first kappa shape index (κ1) is 19.2. The summed E-state index contributed by atoms with van der Waals surface area (Å²) in [7, 11) is 0. The van der Waals surface area contributed by atoms with Crippen LogP contribution in [-0.2, 0) is 0 Å². The van der Waals surface area contributed by atoms with Crippen molar-refractivity contribution in [3.8, 4) is 0 Å². The molecule has 8 heteroatoms. The first-order valence-electron chi connectivity index (χ1n) is 10.1. The van der Waals surface area contributed by atoms with E-state index in [0.29, 0.717) is 11.4 Å². The lowest BCUT2D eigenvalue weighted by molar-refractivity contribution is 0.0857. The van der Waals surface area contributed by atoms with Crippen LogP contribution in [-0.4, -0.2) is 42.8 Å². The lowest BCUT2D eigenvalue weighted by atomic mass is 9.90. The molecule has 8 nitrogen and oxygen atoms in total. The Kier molecular flexibility index (Phi) is 5.33. The van der Waals surface area contributed by atoms with Crippen LogP contribution >= 0.6 is 0 Å². The van der Waals surface area contributed by atoms with Gasteiger partial charge in [0, 0.05) is 30.5 Å². The summed E-state index contributed by atoms with van der Waals surface area (Å²) in [6.45, 7) is 4.08. The average molecular weight is 394 g/mol. The molecule has 3 aromatic heterocycles. The third-order valence-electron chi connectivity index (χ3n) is 5.48. The quantitative estimate of drug-likeness (QED) is 0.696. The zero-order valence-corrected chi connectivity index (χ0v) is 16.7. The number of nitrogens with zero attached hydrogens (tertiary/aromatic N) is 4. The molecule has 4 rings (SSSR count). The van der Waals surface area contributed by atoms with Crippen molar-refractivity contribution in [1.29, 1.82) is 0 Å². The lowest BCUT2D eigenvalue weighted by Crippen LogP contribution is -2.53. The number of hydrogen-bond donors (Lipinski definition) is 2. The monoisotopic (exact) mass is 394 g/mol. The molecule has 29 heavy (non-hydrogen) atoms. The molecule has 0 radical (unpaired) electrons. The number of carbonyl (C=O) groups is 2. The Bertz CT molecular complexity index is 1020. The van der Waals surface area contributed by atoms with Gasteiger partial charge in [-0.25, -0.2) is 9.97 Å². The molecule has 1 aliphatic rings. The fourth-order valence-electron chi connectivity index (χ4n) is 3.80. The smallest absolute Gasteiger partial charge is 0.271 e. The fraction of sp³-hybridized carbons (Fsp3) is 0.429. The SMILES string of the molecule is CC(C)n1cnc(C(=O)N[C@@H]2CCCC[C@H]2NC(=O)c2cnc3ccccn23)c1. The highest BCUT2D eigenvalue weighted by atomic mass is 16.2. The lowest BCUT2D eigenvalue weighted by Gasteiger charge is -2.32. The summed E-state index contributed by atoms with van der Waals surface area (Å²) >= 11 is 0. The molecule has 1 aliphatic carbocycles. The Morgan fingerprint density at radius 1 is 1.07 bits per heavy atom. The second-order valence-electron chi connectivity index (χ2n) is 7.82. The molecule has 0 unspecified atom stereocenters. The first-order valence-corrected chi connectivity index (χ1v) is 10.1. The van der Waals surface area contributed by atoms with E-state index in [2.05, 4.69) is 20.6 Å². The molecular formula is C21H26N6O2. The van der Waals surface area contributed by atoms with Crippen LogP contribution in [0, 0.1) is 0 Å². The number of fused-ring (bicyclic) bond motifs is 1.